The van der Waals surface area contributed by atoms with E-state index in [1.165, 1.54) is 0 Å². The number of nitrogens with one attached hydrogen (secondary N) is 1. The van der Waals surface area contributed by atoms with E-state index in [0.29, 0.717) is 13.2 Å². The van der Waals surface area contributed by atoms with Gasteiger partial charge in [0.05, 0.1) is 17.1 Å². The van der Waals surface area contributed by atoms with Crippen LogP contribution in [0.2, 0.25) is 0 Å². The zero-order chi connectivity index (χ0) is 12.4. The minimum atomic E-state index is -1.16. The van der Waals surface area contributed by atoms with Crippen LogP contribution in [-0.4, -0.2) is 24.6 Å². The summed E-state index contributed by atoms with van der Waals surface area (Å²) in [5.74, 6) is -1.99. The highest BCUT2D eigenvalue weighted by atomic mass is 19.1. The summed E-state index contributed by atoms with van der Waals surface area (Å²) in [6, 6.07) is 1.69. The second-order valence-corrected chi connectivity index (χ2v) is 3.61. The Balaban J connectivity index is 2.43. The van der Waals surface area contributed by atoms with Crippen molar-refractivity contribution in [3.05, 3.63) is 39.4 Å². The van der Waals surface area contributed by atoms with Gasteiger partial charge in [0.2, 0.25) is 5.82 Å². The number of nitro groups is 1. The Morgan fingerprint density at radius 3 is 2.82 bits per heavy atom. The van der Waals surface area contributed by atoms with Crippen LogP contribution in [0.4, 0.5) is 14.5 Å². The second kappa shape index (κ2) is 4.72. The molecule has 1 aliphatic rings. The Morgan fingerprint density at radius 1 is 1.47 bits per heavy atom. The Bertz CT molecular complexity index is 447. The first-order chi connectivity index (χ1) is 8.11. The molecule has 1 saturated heterocycles. The molecule has 1 atom stereocenters. The minimum Gasteiger partial charge on any atom is -0.371 e. The third-order valence-electron chi connectivity index (χ3n) is 2.55. The highest BCUT2D eigenvalue weighted by molar-refractivity contribution is 5.39. The number of nitro benzene ring substituents is 1. The molecule has 1 N–H and O–H groups in total. The largest absolute Gasteiger partial charge is 0.371 e. The quantitative estimate of drug-likeness (QED) is 0.633. The SMILES string of the molecule is O=[N+]([O-])c1ccc(F)c(C2CNCCO2)c1F. The third-order valence-corrected chi connectivity index (χ3v) is 2.55. The monoisotopic (exact) mass is 244 g/mol. The molecule has 0 saturated carbocycles. The van der Waals surface area contributed by atoms with Crippen molar-refractivity contribution in [2.24, 2.45) is 0 Å². The van der Waals surface area contributed by atoms with Gasteiger partial charge in [-0.1, -0.05) is 0 Å². The van der Waals surface area contributed by atoms with E-state index in [0.717, 1.165) is 12.1 Å². The third kappa shape index (κ3) is 2.25. The summed E-state index contributed by atoms with van der Waals surface area (Å²) in [5.41, 5.74) is -1.12. The molecule has 5 nitrogen and oxygen atoms in total. The van der Waals surface area contributed by atoms with Gasteiger partial charge in [-0.3, -0.25) is 10.1 Å². The van der Waals surface area contributed by atoms with Crippen LogP contribution in [-0.2, 0) is 4.74 Å². The normalized spacial score (nSPS) is 20.2. The molecule has 0 spiro atoms. The molecule has 0 amide bonds. The number of halogens is 2. The van der Waals surface area contributed by atoms with Gasteiger partial charge in [0.1, 0.15) is 11.9 Å². The molecule has 0 bridgehead atoms. The maximum Gasteiger partial charge on any atom is 0.305 e. The zero-order valence-electron chi connectivity index (χ0n) is 8.78. The summed E-state index contributed by atoms with van der Waals surface area (Å²) in [6.45, 7) is 1.13. The van der Waals surface area contributed by atoms with Crippen LogP contribution in [0.3, 0.4) is 0 Å². The predicted molar refractivity (Wildman–Crippen MR) is 54.6 cm³/mol. The Morgan fingerprint density at radius 2 is 2.24 bits per heavy atom. The first-order valence-electron chi connectivity index (χ1n) is 5.06. The van der Waals surface area contributed by atoms with Gasteiger partial charge in [-0.25, -0.2) is 4.39 Å². The minimum absolute atomic E-state index is 0.231. The topological polar surface area (TPSA) is 64.4 Å². The van der Waals surface area contributed by atoms with Crippen molar-refractivity contribution < 1.29 is 18.4 Å². The van der Waals surface area contributed by atoms with Crippen LogP contribution in [0.5, 0.6) is 0 Å². The molecule has 1 aliphatic heterocycles. The standard InChI is InChI=1S/C10H10F2N2O3/c11-6-1-2-7(14(15)16)10(12)9(6)8-5-13-3-4-17-8/h1-2,8,13H,3-5H2. The summed E-state index contributed by atoms with van der Waals surface area (Å²) >= 11 is 0. The van der Waals surface area contributed by atoms with Crippen molar-refractivity contribution in [1.29, 1.82) is 0 Å². The number of hydrogen-bond donors (Lipinski definition) is 1. The molecule has 1 fully saturated rings. The summed E-state index contributed by atoms with van der Waals surface area (Å²) < 4.78 is 32.5. The van der Waals surface area contributed by atoms with E-state index >= 15 is 0 Å². The molecule has 92 valence electrons. The number of morpholine rings is 1. The van der Waals surface area contributed by atoms with Gasteiger partial charge in [-0.05, 0) is 6.07 Å². The predicted octanol–water partition coefficient (Wildman–Crippen LogP) is 1.53. The van der Waals surface area contributed by atoms with Crippen molar-refractivity contribution in [3.63, 3.8) is 0 Å². The van der Waals surface area contributed by atoms with Gasteiger partial charge in [-0.15, -0.1) is 0 Å². The van der Waals surface area contributed by atoms with Crippen molar-refractivity contribution in [1.82, 2.24) is 5.32 Å². The first-order valence-corrected chi connectivity index (χ1v) is 5.06. The van der Waals surface area contributed by atoms with Gasteiger partial charge in [0.15, 0.2) is 0 Å². The summed E-state index contributed by atoms with van der Waals surface area (Å²) in [6.07, 6.45) is -0.830. The van der Waals surface area contributed by atoms with Gasteiger partial charge in [0, 0.05) is 19.2 Å². The number of nitrogens with zero attached hydrogens (tertiary/aromatic N) is 1. The van der Waals surface area contributed by atoms with Crippen LogP contribution in [0.1, 0.15) is 11.7 Å². The van der Waals surface area contributed by atoms with Gasteiger partial charge < -0.3 is 10.1 Å². The molecule has 7 heteroatoms. The number of ether oxygens (including phenoxy) is 1. The van der Waals surface area contributed by atoms with E-state index in [-0.39, 0.29) is 12.1 Å². The summed E-state index contributed by atoms with van der Waals surface area (Å²) in [4.78, 5) is 9.67. The second-order valence-electron chi connectivity index (χ2n) is 3.61. The molecule has 1 aromatic rings. The molecule has 1 unspecified atom stereocenters. The Labute approximate surface area is 95.5 Å². The van der Waals surface area contributed by atoms with E-state index in [2.05, 4.69) is 5.32 Å². The van der Waals surface area contributed by atoms with E-state index in [1.54, 1.807) is 0 Å². The van der Waals surface area contributed by atoms with Crippen molar-refractivity contribution in [2.45, 2.75) is 6.10 Å². The highest BCUT2D eigenvalue weighted by Crippen LogP contribution is 2.30. The lowest BCUT2D eigenvalue weighted by molar-refractivity contribution is -0.387. The maximum atomic E-state index is 13.8. The fourth-order valence-corrected chi connectivity index (χ4v) is 1.74. The highest BCUT2D eigenvalue weighted by Gasteiger charge is 2.28. The zero-order valence-corrected chi connectivity index (χ0v) is 8.78. The molecule has 0 aliphatic carbocycles. The molecule has 17 heavy (non-hydrogen) atoms. The van der Waals surface area contributed by atoms with Crippen molar-refractivity contribution in [2.75, 3.05) is 19.7 Å². The average Bonchev–Trinajstić information content (AvgIpc) is 2.30. The number of rotatable bonds is 2. The fourth-order valence-electron chi connectivity index (χ4n) is 1.74. The Kier molecular flexibility index (Phi) is 3.30. The van der Waals surface area contributed by atoms with Crippen molar-refractivity contribution in [3.8, 4) is 0 Å². The number of benzene rings is 1. The molecular weight excluding hydrogens is 234 g/mol. The molecule has 0 aromatic heterocycles. The molecule has 0 radical (unpaired) electrons. The van der Waals surface area contributed by atoms with E-state index in [1.807, 2.05) is 0 Å². The summed E-state index contributed by atoms with van der Waals surface area (Å²) in [7, 11) is 0. The fraction of sp³-hybridized carbons (Fsp3) is 0.400. The van der Waals surface area contributed by atoms with E-state index in [9.17, 15) is 18.9 Å². The molecule has 2 rings (SSSR count). The maximum absolute atomic E-state index is 13.8. The lowest BCUT2D eigenvalue weighted by atomic mass is 10.1. The van der Waals surface area contributed by atoms with Crippen LogP contribution in [0.25, 0.3) is 0 Å². The van der Waals surface area contributed by atoms with Gasteiger partial charge in [-0.2, -0.15) is 4.39 Å². The van der Waals surface area contributed by atoms with E-state index in [4.69, 9.17) is 4.74 Å². The van der Waals surface area contributed by atoms with Crippen LogP contribution in [0.15, 0.2) is 12.1 Å². The first kappa shape index (κ1) is 11.9. The average molecular weight is 244 g/mol. The van der Waals surface area contributed by atoms with Crippen LogP contribution < -0.4 is 5.32 Å². The Hall–Kier alpha value is -1.60. The van der Waals surface area contributed by atoms with E-state index < -0.39 is 28.3 Å². The molecule has 1 heterocycles. The number of hydrogen-bond acceptors (Lipinski definition) is 4. The molecule has 1 aromatic carbocycles. The lowest BCUT2D eigenvalue weighted by Gasteiger charge is -2.24. The molecular formula is C10H10F2N2O3. The lowest BCUT2D eigenvalue weighted by Crippen LogP contribution is -2.34. The van der Waals surface area contributed by atoms with Crippen LogP contribution >= 0.6 is 0 Å². The van der Waals surface area contributed by atoms with Crippen LogP contribution in [0, 0.1) is 21.7 Å². The smallest absolute Gasteiger partial charge is 0.305 e. The van der Waals surface area contributed by atoms with Gasteiger partial charge >= 0.3 is 5.69 Å². The van der Waals surface area contributed by atoms with Crippen molar-refractivity contribution >= 4 is 5.69 Å². The summed E-state index contributed by atoms with van der Waals surface area (Å²) in [5, 5.41) is 13.5. The van der Waals surface area contributed by atoms with Gasteiger partial charge in [0.25, 0.3) is 0 Å².